The van der Waals surface area contributed by atoms with Crippen LogP contribution < -0.4 is 5.32 Å². The van der Waals surface area contributed by atoms with Gasteiger partial charge in [-0.05, 0) is 36.4 Å². The van der Waals surface area contributed by atoms with E-state index in [1.165, 1.54) is 6.42 Å². The van der Waals surface area contributed by atoms with E-state index in [1.54, 1.807) is 0 Å². The van der Waals surface area contributed by atoms with Crippen molar-refractivity contribution in [1.29, 1.82) is 0 Å². The fourth-order valence-corrected chi connectivity index (χ4v) is 2.38. The van der Waals surface area contributed by atoms with Crippen molar-refractivity contribution in [2.45, 2.75) is 26.8 Å². The van der Waals surface area contributed by atoms with Crippen LogP contribution >= 0.6 is 0 Å². The number of hydrogen-bond donors (Lipinski definition) is 1. The molecule has 94 valence electrons. The van der Waals surface area contributed by atoms with Crippen molar-refractivity contribution in [3.63, 3.8) is 0 Å². The van der Waals surface area contributed by atoms with E-state index in [-0.39, 0.29) is 0 Å². The largest absolute Gasteiger partial charge is 0.311 e. The van der Waals surface area contributed by atoms with Gasteiger partial charge in [-0.1, -0.05) is 26.0 Å². The minimum atomic E-state index is 0.544. The van der Waals surface area contributed by atoms with E-state index in [0.717, 1.165) is 35.7 Å². The van der Waals surface area contributed by atoms with E-state index in [4.69, 9.17) is 0 Å². The van der Waals surface area contributed by atoms with E-state index in [0.29, 0.717) is 5.41 Å². The maximum atomic E-state index is 4.60. The van der Waals surface area contributed by atoms with Crippen molar-refractivity contribution in [3.8, 4) is 0 Å². The van der Waals surface area contributed by atoms with Crippen LogP contribution in [-0.4, -0.2) is 16.5 Å². The molecule has 3 rings (SSSR count). The number of benzene rings is 1. The molecule has 1 N–H and O–H groups in total. The van der Waals surface area contributed by atoms with Gasteiger partial charge in [-0.15, -0.1) is 0 Å². The lowest BCUT2D eigenvalue weighted by molar-refractivity contribution is 0.517. The molecule has 3 heteroatoms. The summed E-state index contributed by atoms with van der Waals surface area (Å²) in [5, 5.41) is 3.48. The van der Waals surface area contributed by atoms with Gasteiger partial charge in [-0.25, -0.2) is 4.98 Å². The van der Waals surface area contributed by atoms with Gasteiger partial charge < -0.3 is 5.32 Å². The van der Waals surface area contributed by atoms with Gasteiger partial charge in [0, 0.05) is 6.54 Å². The molecular weight excluding hydrogens is 222 g/mol. The molecule has 1 aliphatic rings. The van der Waals surface area contributed by atoms with Gasteiger partial charge in [0.25, 0.3) is 0 Å². The molecule has 0 radical (unpaired) electrons. The van der Waals surface area contributed by atoms with Crippen molar-refractivity contribution in [1.82, 2.24) is 15.3 Å². The highest BCUT2D eigenvalue weighted by Gasteiger charge is 2.44. The second-order valence-corrected chi connectivity index (χ2v) is 5.87. The molecule has 18 heavy (non-hydrogen) atoms. The third-order valence-corrected chi connectivity index (χ3v) is 3.91. The summed E-state index contributed by atoms with van der Waals surface area (Å²) in [5.74, 6) is 0.825. The molecule has 0 spiro atoms. The molecule has 3 nitrogen and oxygen atoms in total. The van der Waals surface area contributed by atoms with Gasteiger partial charge in [0.05, 0.1) is 22.9 Å². The van der Waals surface area contributed by atoms with Crippen molar-refractivity contribution in [3.05, 3.63) is 36.2 Å². The maximum absolute atomic E-state index is 4.60. The predicted molar refractivity (Wildman–Crippen MR) is 73.1 cm³/mol. The molecule has 1 heterocycles. The van der Waals surface area contributed by atoms with Crippen molar-refractivity contribution < 1.29 is 0 Å². The Kier molecular flexibility index (Phi) is 2.78. The number of hydrogen-bond acceptors (Lipinski definition) is 3. The summed E-state index contributed by atoms with van der Waals surface area (Å²) < 4.78 is 0. The lowest BCUT2D eigenvalue weighted by Gasteiger charge is -2.06. The van der Waals surface area contributed by atoms with Crippen LogP contribution in [0.1, 0.15) is 26.0 Å². The highest BCUT2D eigenvalue weighted by Crippen LogP contribution is 2.50. The normalized spacial score (nSPS) is 21.1. The van der Waals surface area contributed by atoms with Crippen LogP contribution in [0.4, 0.5) is 0 Å². The first-order valence-corrected chi connectivity index (χ1v) is 6.56. The van der Waals surface area contributed by atoms with E-state index < -0.39 is 0 Å². The average molecular weight is 241 g/mol. The summed E-state index contributed by atoms with van der Waals surface area (Å²) in [5.41, 5.74) is 3.50. The minimum absolute atomic E-state index is 0.544. The Bertz CT molecular complexity index is 562. The van der Waals surface area contributed by atoms with Crippen LogP contribution in [0.15, 0.2) is 30.5 Å². The molecule has 1 atom stereocenters. The zero-order valence-corrected chi connectivity index (χ0v) is 11.0. The Morgan fingerprint density at radius 2 is 2.00 bits per heavy atom. The van der Waals surface area contributed by atoms with Crippen LogP contribution in [0.2, 0.25) is 0 Å². The summed E-state index contributed by atoms with van der Waals surface area (Å²) in [6.45, 7) is 6.55. The first-order chi connectivity index (χ1) is 8.65. The molecule has 1 fully saturated rings. The van der Waals surface area contributed by atoms with Gasteiger partial charge in [0.15, 0.2) is 0 Å². The quantitative estimate of drug-likeness (QED) is 0.894. The number of nitrogens with zero attached hydrogens (tertiary/aromatic N) is 2. The van der Waals surface area contributed by atoms with Crippen molar-refractivity contribution in [2.75, 3.05) is 6.54 Å². The van der Waals surface area contributed by atoms with Crippen LogP contribution in [0.3, 0.4) is 0 Å². The van der Waals surface area contributed by atoms with Gasteiger partial charge in [0.1, 0.15) is 0 Å². The lowest BCUT2D eigenvalue weighted by Crippen LogP contribution is -2.18. The molecule has 1 aromatic heterocycles. The molecule has 0 aliphatic heterocycles. The highest BCUT2D eigenvalue weighted by molar-refractivity contribution is 5.73. The van der Waals surface area contributed by atoms with Crippen molar-refractivity contribution in [2.24, 2.45) is 11.3 Å². The van der Waals surface area contributed by atoms with Gasteiger partial charge in [-0.2, -0.15) is 0 Å². The van der Waals surface area contributed by atoms with E-state index in [9.17, 15) is 0 Å². The van der Waals surface area contributed by atoms with E-state index in [2.05, 4.69) is 29.1 Å². The first-order valence-electron chi connectivity index (χ1n) is 6.56. The topological polar surface area (TPSA) is 37.8 Å². The van der Waals surface area contributed by atoms with E-state index in [1.807, 2.05) is 30.5 Å². The Morgan fingerprint density at radius 3 is 2.72 bits per heavy atom. The molecule has 0 bridgehead atoms. The minimum Gasteiger partial charge on any atom is -0.311 e. The predicted octanol–water partition coefficient (Wildman–Crippen LogP) is 2.77. The van der Waals surface area contributed by atoms with Crippen LogP contribution in [-0.2, 0) is 6.54 Å². The summed E-state index contributed by atoms with van der Waals surface area (Å²) >= 11 is 0. The standard InChI is InChI=1S/C15H19N3/c1-15(2)7-11(15)8-16-9-12-10-17-13-5-3-4-6-14(13)18-12/h3-6,10-11,16H,7-9H2,1-2H3. The third kappa shape index (κ3) is 2.36. The lowest BCUT2D eigenvalue weighted by atomic mass is 10.1. The fraction of sp³-hybridized carbons (Fsp3) is 0.467. The molecule has 1 aliphatic carbocycles. The zero-order chi connectivity index (χ0) is 12.6. The molecule has 0 amide bonds. The number of aromatic nitrogens is 2. The molecule has 1 unspecified atom stereocenters. The number of fused-ring (bicyclic) bond motifs is 1. The fourth-order valence-electron chi connectivity index (χ4n) is 2.38. The monoisotopic (exact) mass is 241 g/mol. The van der Waals surface area contributed by atoms with Crippen LogP contribution in [0.5, 0.6) is 0 Å². The van der Waals surface area contributed by atoms with Crippen molar-refractivity contribution >= 4 is 11.0 Å². The molecule has 2 aromatic rings. The molecule has 1 aromatic carbocycles. The van der Waals surface area contributed by atoms with Crippen LogP contribution in [0, 0.1) is 11.3 Å². The summed E-state index contributed by atoms with van der Waals surface area (Å²) in [6, 6.07) is 7.99. The summed E-state index contributed by atoms with van der Waals surface area (Å²) in [7, 11) is 0. The smallest absolute Gasteiger partial charge is 0.0890 e. The molecule has 1 saturated carbocycles. The maximum Gasteiger partial charge on any atom is 0.0890 e. The van der Waals surface area contributed by atoms with Gasteiger partial charge in [0.2, 0.25) is 0 Å². The summed E-state index contributed by atoms with van der Waals surface area (Å²) in [4.78, 5) is 9.02. The molecular formula is C15H19N3. The van der Waals surface area contributed by atoms with Crippen LogP contribution in [0.25, 0.3) is 11.0 Å². The zero-order valence-electron chi connectivity index (χ0n) is 11.0. The van der Waals surface area contributed by atoms with Gasteiger partial charge in [-0.3, -0.25) is 4.98 Å². The Hall–Kier alpha value is -1.48. The number of nitrogens with one attached hydrogen (secondary N) is 1. The average Bonchev–Trinajstić information content (AvgIpc) is 2.97. The first kappa shape index (κ1) is 11.6. The number of para-hydroxylation sites is 2. The Morgan fingerprint density at radius 1 is 1.28 bits per heavy atom. The third-order valence-electron chi connectivity index (χ3n) is 3.91. The summed E-state index contributed by atoms with van der Waals surface area (Å²) in [6.07, 6.45) is 3.21. The second-order valence-electron chi connectivity index (χ2n) is 5.87. The number of rotatable bonds is 4. The van der Waals surface area contributed by atoms with E-state index >= 15 is 0 Å². The second kappa shape index (κ2) is 4.32. The SMILES string of the molecule is CC1(C)CC1CNCc1cnc2ccccc2n1. The molecule has 0 saturated heterocycles. The highest BCUT2D eigenvalue weighted by atomic mass is 14.9. The van der Waals surface area contributed by atoms with Gasteiger partial charge >= 0.3 is 0 Å². The Balaban J connectivity index is 1.61. The Labute approximate surface area is 108 Å².